The van der Waals surface area contributed by atoms with Gasteiger partial charge in [0.05, 0.1) is 13.2 Å². The lowest BCUT2D eigenvalue weighted by Gasteiger charge is -2.12. The first kappa shape index (κ1) is 17.1. The second-order valence-electron chi connectivity index (χ2n) is 4.68. The number of nitrogens with one attached hydrogen (secondary N) is 2. The Morgan fingerprint density at radius 3 is 2.57 bits per heavy atom. The van der Waals surface area contributed by atoms with Crippen LogP contribution in [0.1, 0.15) is 24.4 Å². The first-order chi connectivity index (χ1) is 10.1. The average molecular weight is 293 g/mol. The maximum absolute atomic E-state index is 11.6. The van der Waals surface area contributed by atoms with Crippen LogP contribution in [0.4, 0.5) is 0 Å². The summed E-state index contributed by atoms with van der Waals surface area (Å²) in [6, 6.07) is 9.45. The molecule has 0 aliphatic carbocycles. The number of carbonyl (C=O) groups is 2. The van der Waals surface area contributed by atoms with E-state index in [4.69, 9.17) is 10.5 Å². The molecule has 0 heterocycles. The Labute approximate surface area is 125 Å². The Morgan fingerprint density at radius 2 is 1.90 bits per heavy atom. The first-order valence-electron chi connectivity index (χ1n) is 6.96. The minimum Gasteiger partial charge on any atom is -0.383 e. The number of methoxy groups -OCH3 is 1. The van der Waals surface area contributed by atoms with Crippen LogP contribution in [0.2, 0.25) is 0 Å². The van der Waals surface area contributed by atoms with E-state index in [-0.39, 0.29) is 24.4 Å². The van der Waals surface area contributed by atoms with Gasteiger partial charge in [-0.15, -0.1) is 0 Å². The highest BCUT2D eigenvalue weighted by Crippen LogP contribution is 2.14. The largest absolute Gasteiger partial charge is 0.383 e. The average Bonchev–Trinajstić information content (AvgIpc) is 2.51. The third-order valence-corrected chi connectivity index (χ3v) is 2.98. The molecule has 0 saturated carbocycles. The van der Waals surface area contributed by atoms with Crippen LogP contribution < -0.4 is 16.4 Å². The SMILES string of the molecule is COCCNC(=O)CNC(=O)CCC(N)c1ccccc1. The summed E-state index contributed by atoms with van der Waals surface area (Å²) < 4.78 is 4.81. The Bertz CT molecular complexity index is 437. The van der Waals surface area contributed by atoms with Crippen LogP contribution in [0, 0.1) is 0 Å². The minimum atomic E-state index is -0.229. The molecule has 4 N–H and O–H groups in total. The van der Waals surface area contributed by atoms with E-state index in [9.17, 15) is 9.59 Å². The monoisotopic (exact) mass is 293 g/mol. The number of hydrogen-bond donors (Lipinski definition) is 3. The number of ether oxygens (including phenoxy) is 1. The molecular formula is C15H23N3O3. The van der Waals surface area contributed by atoms with Gasteiger partial charge in [0.1, 0.15) is 0 Å². The van der Waals surface area contributed by atoms with Gasteiger partial charge < -0.3 is 21.1 Å². The van der Waals surface area contributed by atoms with Crippen LogP contribution in [-0.2, 0) is 14.3 Å². The third kappa shape index (κ3) is 7.43. The van der Waals surface area contributed by atoms with Gasteiger partial charge in [-0.1, -0.05) is 30.3 Å². The van der Waals surface area contributed by atoms with Gasteiger partial charge in [0.15, 0.2) is 0 Å². The molecule has 1 aromatic carbocycles. The van der Waals surface area contributed by atoms with Crippen molar-refractivity contribution in [3.8, 4) is 0 Å². The smallest absolute Gasteiger partial charge is 0.239 e. The first-order valence-corrected chi connectivity index (χ1v) is 6.96. The molecule has 0 saturated heterocycles. The predicted octanol–water partition coefficient (Wildman–Crippen LogP) is 0.345. The fraction of sp³-hybridized carbons (Fsp3) is 0.467. The molecule has 1 atom stereocenters. The number of amides is 2. The van der Waals surface area contributed by atoms with Gasteiger partial charge in [-0.25, -0.2) is 0 Å². The van der Waals surface area contributed by atoms with Crippen molar-refractivity contribution in [1.82, 2.24) is 10.6 Å². The Kier molecular flexibility index (Phi) is 8.08. The van der Waals surface area contributed by atoms with Gasteiger partial charge in [-0.3, -0.25) is 9.59 Å². The van der Waals surface area contributed by atoms with Gasteiger partial charge >= 0.3 is 0 Å². The Morgan fingerprint density at radius 1 is 1.19 bits per heavy atom. The van der Waals surface area contributed by atoms with Crippen LogP contribution >= 0.6 is 0 Å². The summed E-state index contributed by atoms with van der Waals surface area (Å²) in [5, 5.41) is 5.20. The van der Waals surface area contributed by atoms with Gasteiger partial charge in [-0.2, -0.15) is 0 Å². The number of hydrogen-bond acceptors (Lipinski definition) is 4. The molecule has 21 heavy (non-hydrogen) atoms. The zero-order valence-electron chi connectivity index (χ0n) is 12.3. The minimum absolute atomic E-state index is 0.0247. The van der Waals surface area contributed by atoms with Crippen LogP contribution in [0.25, 0.3) is 0 Å². The van der Waals surface area contributed by atoms with E-state index in [0.717, 1.165) is 5.56 Å². The van der Waals surface area contributed by atoms with Crippen molar-refractivity contribution in [2.24, 2.45) is 5.73 Å². The highest BCUT2D eigenvalue weighted by atomic mass is 16.5. The molecule has 0 bridgehead atoms. The van der Waals surface area contributed by atoms with Crippen molar-refractivity contribution in [1.29, 1.82) is 0 Å². The highest BCUT2D eigenvalue weighted by Gasteiger charge is 2.09. The van der Waals surface area contributed by atoms with Crippen LogP contribution in [0.3, 0.4) is 0 Å². The molecule has 0 fully saturated rings. The van der Waals surface area contributed by atoms with E-state index in [0.29, 0.717) is 26.0 Å². The molecule has 6 nitrogen and oxygen atoms in total. The summed E-state index contributed by atoms with van der Waals surface area (Å²) in [6.45, 7) is 0.860. The second-order valence-corrected chi connectivity index (χ2v) is 4.68. The van der Waals surface area contributed by atoms with Gasteiger partial charge in [0.2, 0.25) is 11.8 Å². The molecule has 6 heteroatoms. The van der Waals surface area contributed by atoms with Crippen molar-refractivity contribution in [3.05, 3.63) is 35.9 Å². The van der Waals surface area contributed by atoms with Crippen molar-refractivity contribution >= 4 is 11.8 Å². The van der Waals surface area contributed by atoms with E-state index in [1.807, 2.05) is 30.3 Å². The zero-order valence-corrected chi connectivity index (χ0v) is 12.3. The summed E-state index contributed by atoms with van der Waals surface area (Å²) >= 11 is 0. The lowest BCUT2D eigenvalue weighted by Crippen LogP contribution is -2.38. The maximum Gasteiger partial charge on any atom is 0.239 e. The maximum atomic E-state index is 11.6. The van der Waals surface area contributed by atoms with E-state index in [1.165, 1.54) is 0 Å². The van der Waals surface area contributed by atoms with E-state index < -0.39 is 0 Å². The fourth-order valence-corrected chi connectivity index (χ4v) is 1.78. The molecule has 0 aliphatic rings. The van der Waals surface area contributed by atoms with Crippen molar-refractivity contribution in [3.63, 3.8) is 0 Å². The van der Waals surface area contributed by atoms with E-state index in [1.54, 1.807) is 7.11 Å². The Balaban J connectivity index is 2.18. The van der Waals surface area contributed by atoms with Crippen molar-refractivity contribution < 1.29 is 14.3 Å². The van der Waals surface area contributed by atoms with Crippen molar-refractivity contribution in [2.75, 3.05) is 26.8 Å². The molecule has 1 unspecified atom stereocenters. The second kappa shape index (κ2) is 9.90. The topological polar surface area (TPSA) is 93.5 Å². The lowest BCUT2D eigenvalue weighted by atomic mass is 10.0. The van der Waals surface area contributed by atoms with Gasteiger partial charge in [0, 0.05) is 26.1 Å². The summed E-state index contributed by atoms with van der Waals surface area (Å²) in [5.74, 6) is -0.406. The summed E-state index contributed by atoms with van der Waals surface area (Å²) in [4.78, 5) is 23.0. The molecule has 0 aliphatic heterocycles. The molecule has 2 amide bonds. The standard InChI is InChI=1S/C15H23N3O3/c1-21-10-9-17-15(20)11-18-14(19)8-7-13(16)12-5-3-2-4-6-12/h2-6,13H,7-11,16H2,1H3,(H,17,20)(H,18,19). The van der Waals surface area contributed by atoms with Crippen LogP contribution in [-0.4, -0.2) is 38.6 Å². The summed E-state index contributed by atoms with van der Waals surface area (Å²) in [7, 11) is 1.56. The highest BCUT2D eigenvalue weighted by molar-refractivity contribution is 5.84. The quantitative estimate of drug-likeness (QED) is 0.573. The molecule has 1 rings (SSSR count). The van der Waals surface area contributed by atoms with Gasteiger partial charge in [0.25, 0.3) is 0 Å². The molecule has 0 spiro atoms. The van der Waals surface area contributed by atoms with Gasteiger partial charge in [-0.05, 0) is 12.0 Å². The number of rotatable bonds is 9. The molecular weight excluding hydrogens is 270 g/mol. The van der Waals surface area contributed by atoms with E-state index in [2.05, 4.69) is 10.6 Å². The van der Waals surface area contributed by atoms with Crippen LogP contribution in [0.5, 0.6) is 0 Å². The number of carbonyl (C=O) groups excluding carboxylic acids is 2. The third-order valence-electron chi connectivity index (χ3n) is 2.98. The number of benzene rings is 1. The van der Waals surface area contributed by atoms with Crippen molar-refractivity contribution in [2.45, 2.75) is 18.9 Å². The summed E-state index contributed by atoms with van der Waals surface area (Å²) in [6.07, 6.45) is 0.836. The Hall–Kier alpha value is -1.92. The lowest BCUT2D eigenvalue weighted by molar-refractivity contribution is -0.126. The molecule has 0 aromatic heterocycles. The predicted molar refractivity (Wildman–Crippen MR) is 80.5 cm³/mol. The molecule has 1 aromatic rings. The summed E-state index contributed by atoms with van der Waals surface area (Å²) in [5.41, 5.74) is 7.01. The van der Waals surface area contributed by atoms with Crippen LogP contribution in [0.15, 0.2) is 30.3 Å². The zero-order chi connectivity index (χ0) is 15.5. The molecule has 116 valence electrons. The van der Waals surface area contributed by atoms with E-state index >= 15 is 0 Å². The fourth-order valence-electron chi connectivity index (χ4n) is 1.78. The molecule has 0 radical (unpaired) electrons. The normalized spacial score (nSPS) is 11.7. The number of nitrogens with two attached hydrogens (primary N) is 1.